The van der Waals surface area contributed by atoms with Gasteiger partial charge in [0.25, 0.3) is 0 Å². The SMILES string of the molecule is CCC(OC1CC(C)CC(C)(C)C1)C(=O)c1ccccc1. The van der Waals surface area contributed by atoms with Gasteiger partial charge in [-0.05, 0) is 37.0 Å². The van der Waals surface area contributed by atoms with Crippen LogP contribution in [0, 0.1) is 11.3 Å². The summed E-state index contributed by atoms with van der Waals surface area (Å²) in [6, 6.07) is 9.50. The van der Waals surface area contributed by atoms with E-state index in [1.54, 1.807) is 0 Å². The van der Waals surface area contributed by atoms with Crippen LogP contribution < -0.4 is 0 Å². The molecule has 0 bridgehead atoms. The minimum Gasteiger partial charge on any atom is -0.367 e. The summed E-state index contributed by atoms with van der Waals surface area (Å²) in [7, 11) is 0. The second-order valence-electron chi connectivity index (χ2n) is 7.30. The van der Waals surface area contributed by atoms with E-state index in [1.807, 2.05) is 37.3 Å². The molecule has 0 saturated heterocycles. The summed E-state index contributed by atoms with van der Waals surface area (Å²) in [6.45, 7) is 8.93. The van der Waals surface area contributed by atoms with Gasteiger partial charge in [-0.3, -0.25) is 4.79 Å². The highest BCUT2D eigenvalue weighted by Crippen LogP contribution is 2.40. The number of carbonyl (C=O) groups excluding carboxylic acids is 1. The molecule has 0 aromatic heterocycles. The van der Waals surface area contributed by atoms with Crippen LogP contribution in [0.4, 0.5) is 0 Å². The largest absolute Gasteiger partial charge is 0.367 e. The highest BCUT2D eigenvalue weighted by Gasteiger charge is 2.34. The molecular formula is C19H28O2. The van der Waals surface area contributed by atoms with Gasteiger partial charge in [-0.1, -0.05) is 58.0 Å². The first-order chi connectivity index (χ1) is 9.91. The lowest BCUT2D eigenvalue weighted by atomic mass is 9.71. The van der Waals surface area contributed by atoms with E-state index in [2.05, 4.69) is 20.8 Å². The maximum Gasteiger partial charge on any atom is 0.191 e. The van der Waals surface area contributed by atoms with Crippen LogP contribution in [0.5, 0.6) is 0 Å². The van der Waals surface area contributed by atoms with E-state index in [1.165, 1.54) is 6.42 Å². The first-order valence-electron chi connectivity index (χ1n) is 8.16. The van der Waals surface area contributed by atoms with Crippen molar-refractivity contribution in [1.82, 2.24) is 0 Å². The molecule has 1 aliphatic rings. The minimum absolute atomic E-state index is 0.120. The number of ketones is 1. The van der Waals surface area contributed by atoms with Gasteiger partial charge in [-0.25, -0.2) is 0 Å². The molecule has 1 aliphatic carbocycles. The van der Waals surface area contributed by atoms with Crippen molar-refractivity contribution in [3.05, 3.63) is 35.9 Å². The minimum atomic E-state index is -0.307. The highest BCUT2D eigenvalue weighted by atomic mass is 16.5. The molecule has 21 heavy (non-hydrogen) atoms. The molecule has 1 aromatic rings. The maximum absolute atomic E-state index is 12.6. The first kappa shape index (κ1) is 16.2. The monoisotopic (exact) mass is 288 g/mol. The molecule has 0 aliphatic heterocycles. The molecule has 3 atom stereocenters. The molecule has 1 fully saturated rings. The van der Waals surface area contributed by atoms with Gasteiger partial charge in [0.1, 0.15) is 6.10 Å². The summed E-state index contributed by atoms with van der Waals surface area (Å²) in [5.41, 5.74) is 1.07. The quantitative estimate of drug-likeness (QED) is 0.722. The Kier molecular flexibility index (Phi) is 5.21. The number of hydrogen-bond acceptors (Lipinski definition) is 2. The molecule has 2 rings (SSSR count). The highest BCUT2D eigenvalue weighted by molar-refractivity contribution is 5.99. The fourth-order valence-electron chi connectivity index (χ4n) is 3.73. The molecule has 1 saturated carbocycles. The van der Waals surface area contributed by atoms with Crippen LogP contribution in [0.15, 0.2) is 30.3 Å². The zero-order valence-corrected chi connectivity index (χ0v) is 13.8. The summed E-state index contributed by atoms with van der Waals surface area (Å²) in [6.07, 6.45) is 4.01. The van der Waals surface area contributed by atoms with Crippen LogP contribution in [0.2, 0.25) is 0 Å². The van der Waals surface area contributed by atoms with E-state index in [0.29, 0.717) is 11.3 Å². The zero-order chi connectivity index (χ0) is 15.5. The van der Waals surface area contributed by atoms with E-state index in [4.69, 9.17) is 4.74 Å². The topological polar surface area (TPSA) is 26.3 Å². The lowest BCUT2D eigenvalue weighted by Gasteiger charge is -2.39. The lowest BCUT2D eigenvalue weighted by Crippen LogP contribution is -2.37. The predicted octanol–water partition coefficient (Wildman–Crippen LogP) is 4.88. The van der Waals surface area contributed by atoms with Crippen LogP contribution in [-0.2, 0) is 4.74 Å². The van der Waals surface area contributed by atoms with Gasteiger partial charge >= 0.3 is 0 Å². The van der Waals surface area contributed by atoms with Gasteiger partial charge in [0.2, 0.25) is 0 Å². The van der Waals surface area contributed by atoms with E-state index in [-0.39, 0.29) is 18.0 Å². The van der Waals surface area contributed by atoms with Crippen molar-refractivity contribution in [3.63, 3.8) is 0 Å². The Morgan fingerprint density at radius 3 is 2.52 bits per heavy atom. The average molecular weight is 288 g/mol. The van der Waals surface area contributed by atoms with Gasteiger partial charge in [-0.2, -0.15) is 0 Å². The number of ether oxygens (including phenoxy) is 1. The Morgan fingerprint density at radius 1 is 1.29 bits per heavy atom. The number of carbonyl (C=O) groups is 1. The van der Waals surface area contributed by atoms with Gasteiger partial charge < -0.3 is 4.74 Å². The Bertz CT molecular complexity index is 464. The van der Waals surface area contributed by atoms with E-state index >= 15 is 0 Å². The maximum atomic E-state index is 12.6. The Balaban J connectivity index is 2.04. The van der Waals surface area contributed by atoms with Crippen LogP contribution in [0.3, 0.4) is 0 Å². The second kappa shape index (κ2) is 6.74. The fraction of sp³-hybridized carbons (Fsp3) is 0.632. The third-order valence-electron chi connectivity index (χ3n) is 4.42. The molecule has 2 nitrogen and oxygen atoms in total. The van der Waals surface area contributed by atoms with Crippen molar-refractivity contribution < 1.29 is 9.53 Å². The Hall–Kier alpha value is -1.15. The number of Topliss-reactive ketones (excluding diaryl/α,β-unsaturated/α-hetero) is 1. The first-order valence-corrected chi connectivity index (χ1v) is 8.16. The zero-order valence-electron chi connectivity index (χ0n) is 13.8. The van der Waals surface area contributed by atoms with E-state index in [0.717, 1.165) is 24.8 Å². The molecule has 1 aromatic carbocycles. The summed E-state index contributed by atoms with van der Waals surface area (Å²) < 4.78 is 6.21. The fourth-order valence-corrected chi connectivity index (χ4v) is 3.73. The van der Waals surface area contributed by atoms with Crippen molar-refractivity contribution in [3.8, 4) is 0 Å². The molecule has 0 heterocycles. The number of hydrogen-bond donors (Lipinski definition) is 0. The summed E-state index contributed by atoms with van der Waals surface area (Å²) in [4.78, 5) is 12.6. The molecule has 0 amide bonds. The van der Waals surface area contributed by atoms with E-state index in [9.17, 15) is 4.79 Å². The Labute approximate surface area is 128 Å². The molecule has 0 radical (unpaired) electrons. The molecule has 0 N–H and O–H groups in total. The molecule has 116 valence electrons. The standard InChI is InChI=1S/C19H28O2/c1-5-17(18(20)15-9-7-6-8-10-15)21-16-11-14(2)12-19(3,4)13-16/h6-10,14,16-17H,5,11-13H2,1-4H3. The van der Waals surface area contributed by atoms with Crippen molar-refractivity contribution in [2.24, 2.45) is 11.3 Å². The smallest absolute Gasteiger partial charge is 0.191 e. The summed E-state index contributed by atoms with van der Waals surface area (Å²) >= 11 is 0. The summed E-state index contributed by atoms with van der Waals surface area (Å²) in [5, 5.41) is 0. The van der Waals surface area contributed by atoms with Crippen molar-refractivity contribution in [2.75, 3.05) is 0 Å². The van der Waals surface area contributed by atoms with Crippen molar-refractivity contribution in [1.29, 1.82) is 0 Å². The average Bonchev–Trinajstić information content (AvgIpc) is 2.43. The van der Waals surface area contributed by atoms with Crippen LogP contribution in [0.25, 0.3) is 0 Å². The Morgan fingerprint density at radius 2 is 1.95 bits per heavy atom. The molecular weight excluding hydrogens is 260 g/mol. The molecule has 3 unspecified atom stereocenters. The summed E-state index contributed by atoms with van der Waals surface area (Å²) in [5.74, 6) is 0.789. The van der Waals surface area contributed by atoms with Crippen LogP contribution >= 0.6 is 0 Å². The normalized spacial score (nSPS) is 26.3. The van der Waals surface area contributed by atoms with Gasteiger partial charge in [0, 0.05) is 5.56 Å². The lowest BCUT2D eigenvalue weighted by molar-refractivity contribution is -0.0544. The predicted molar refractivity (Wildman–Crippen MR) is 86.5 cm³/mol. The van der Waals surface area contributed by atoms with E-state index < -0.39 is 0 Å². The van der Waals surface area contributed by atoms with Crippen molar-refractivity contribution in [2.45, 2.75) is 65.6 Å². The second-order valence-corrected chi connectivity index (χ2v) is 7.30. The third kappa shape index (κ3) is 4.41. The van der Waals surface area contributed by atoms with Crippen molar-refractivity contribution >= 4 is 5.78 Å². The number of benzene rings is 1. The van der Waals surface area contributed by atoms with Gasteiger partial charge in [0.15, 0.2) is 5.78 Å². The van der Waals surface area contributed by atoms with Crippen LogP contribution in [0.1, 0.15) is 63.7 Å². The molecule has 2 heteroatoms. The third-order valence-corrected chi connectivity index (χ3v) is 4.42. The van der Waals surface area contributed by atoms with Crippen LogP contribution in [-0.4, -0.2) is 18.0 Å². The number of rotatable bonds is 5. The molecule has 0 spiro atoms. The van der Waals surface area contributed by atoms with Gasteiger partial charge in [0.05, 0.1) is 6.10 Å². The van der Waals surface area contributed by atoms with Gasteiger partial charge in [-0.15, -0.1) is 0 Å².